The highest BCUT2D eigenvalue weighted by molar-refractivity contribution is 5.43. The molecule has 1 aliphatic carbocycles. The number of nitrogens with zero attached hydrogens (tertiary/aromatic N) is 2. The normalized spacial score (nSPS) is 14.4. The van der Waals surface area contributed by atoms with Crippen LogP contribution < -0.4 is 10.2 Å². The van der Waals surface area contributed by atoms with E-state index in [1.807, 2.05) is 0 Å². The second-order valence-corrected chi connectivity index (χ2v) is 6.24. The molecule has 1 N–H and O–H groups in total. The molecule has 0 amide bonds. The summed E-state index contributed by atoms with van der Waals surface area (Å²) in [5, 5.41) is 3.51. The van der Waals surface area contributed by atoms with E-state index < -0.39 is 0 Å². The lowest BCUT2D eigenvalue weighted by Crippen LogP contribution is -2.28. The minimum absolute atomic E-state index is 0.908. The molecule has 1 aromatic heterocycles. The van der Waals surface area contributed by atoms with E-state index in [0.717, 1.165) is 32.0 Å². The highest BCUT2D eigenvalue weighted by Gasteiger charge is 2.24. The van der Waals surface area contributed by atoms with Gasteiger partial charge >= 0.3 is 0 Å². The Labute approximate surface area is 130 Å². The van der Waals surface area contributed by atoms with Crippen LogP contribution in [0.15, 0.2) is 12.1 Å². The molecule has 0 aliphatic heterocycles. The Hall–Kier alpha value is -1.09. The lowest BCUT2D eigenvalue weighted by Gasteiger charge is -2.24. The van der Waals surface area contributed by atoms with E-state index in [2.05, 4.69) is 43.1 Å². The van der Waals surface area contributed by atoms with Crippen LogP contribution in [-0.4, -0.2) is 24.6 Å². The number of aryl methyl sites for hydroxylation is 1. The van der Waals surface area contributed by atoms with Crippen molar-refractivity contribution in [3.63, 3.8) is 0 Å². The van der Waals surface area contributed by atoms with E-state index in [9.17, 15) is 0 Å². The van der Waals surface area contributed by atoms with E-state index in [0.29, 0.717) is 0 Å². The molecule has 1 fully saturated rings. The van der Waals surface area contributed by atoms with Crippen molar-refractivity contribution in [2.24, 2.45) is 5.92 Å². The van der Waals surface area contributed by atoms with Crippen molar-refractivity contribution < 1.29 is 0 Å². The van der Waals surface area contributed by atoms with Gasteiger partial charge in [-0.2, -0.15) is 0 Å². The third kappa shape index (κ3) is 5.31. The summed E-state index contributed by atoms with van der Waals surface area (Å²) in [4.78, 5) is 7.38. The minimum atomic E-state index is 0.908. The van der Waals surface area contributed by atoms with Crippen molar-refractivity contribution in [3.05, 3.63) is 23.4 Å². The summed E-state index contributed by atoms with van der Waals surface area (Å²) in [6.45, 7) is 11.0. The highest BCUT2D eigenvalue weighted by atomic mass is 15.2. The Morgan fingerprint density at radius 1 is 1.19 bits per heavy atom. The van der Waals surface area contributed by atoms with Crippen LogP contribution in [-0.2, 0) is 13.0 Å². The number of aromatic nitrogens is 1. The predicted octanol–water partition coefficient (Wildman–Crippen LogP) is 3.77. The summed E-state index contributed by atoms with van der Waals surface area (Å²) in [6, 6.07) is 4.55. The largest absolute Gasteiger partial charge is 0.356 e. The molecule has 2 rings (SSSR count). The fraction of sp³-hybridized carbons (Fsp3) is 0.722. The van der Waals surface area contributed by atoms with E-state index in [-0.39, 0.29) is 0 Å². The van der Waals surface area contributed by atoms with Gasteiger partial charge in [0.05, 0.1) is 0 Å². The lowest BCUT2D eigenvalue weighted by atomic mass is 10.1. The van der Waals surface area contributed by atoms with Crippen LogP contribution in [0.3, 0.4) is 0 Å². The van der Waals surface area contributed by atoms with Gasteiger partial charge < -0.3 is 10.2 Å². The number of nitrogens with one attached hydrogen (secondary N) is 1. The summed E-state index contributed by atoms with van der Waals surface area (Å²) in [5.74, 6) is 2.10. The maximum absolute atomic E-state index is 4.88. The van der Waals surface area contributed by atoms with Gasteiger partial charge in [0.15, 0.2) is 0 Å². The zero-order valence-electron chi connectivity index (χ0n) is 14.0. The first-order valence-electron chi connectivity index (χ1n) is 8.72. The van der Waals surface area contributed by atoms with Gasteiger partial charge in [-0.05, 0) is 62.3 Å². The van der Waals surface area contributed by atoms with Crippen LogP contribution in [0.1, 0.15) is 57.7 Å². The average Bonchev–Trinajstić information content (AvgIpc) is 3.31. The number of anilines is 1. The van der Waals surface area contributed by atoms with Gasteiger partial charge in [0.2, 0.25) is 0 Å². The first-order valence-corrected chi connectivity index (χ1v) is 8.72. The molecule has 3 heteroatoms. The number of hydrogen-bond acceptors (Lipinski definition) is 3. The van der Waals surface area contributed by atoms with E-state index >= 15 is 0 Å². The zero-order valence-corrected chi connectivity index (χ0v) is 14.0. The van der Waals surface area contributed by atoms with E-state index in [4.69, 9.17) is 4.98 Å². The van der Waals surface area contributed by atoms with E-state index in [1.54, 1.807) is 0 Å². The molecule has 0 unspecified atom stereocenters. The van der Waals surface area contributed by atoms with Crippen LogP contribution in [0.5, 0.6) is 0 Å². The van der Waals surface area contributed by atoms with Gasteiger partial charge in [-0.25, -0.2) is 4.98 Å². The molecule has 1 aliphatic rings. The molecule has 0 bridgehead atoms. The molecule has 0 spiro atoms. The summed E-state index contributed by atoms with van der Waals surface area (Å²) >= 11 is 0. The zero-order chi connectivity index (χ0) is 15.1. The third-order valence-corrected chi connectivity index (χ3v) is 4.04. The lowest BCUT2D eigenvalue weighted by molar-refractivity contribution is 0.669. The van der Waals surface area contributed by atoms with Crippen molar-refractivity contribution in [2.75, 3.05) is 24.5 Å². The predicted molar refractivity (Wildman–Crippen MR) is 90.8 cm³/mol. The van der Waals surface area contributed by atoms with Crippen molar-refractivity contribution >= 4 is 5.82 Å². The van der Waals surface area contributed by atoms with Crippen LogP contribution in [0.4, 0.5) is 5.82 Å². The number of rotatable bonds is 10. The standard InChI is InChI=1S/C18H31N3/c1-4-9-19-13-16-11-17(6-3)20-18(12-16)21(10-5-2)14-15-7-8-15/h11-12,15,19H,4-10,13-14H2,1-3H3. The van der Waals surface area contributed by atoms with Crippen molar-refractivity contribution in [2.45, 2.75) is 59.4 Å². The van der Waals surface area contributed by atoms with E-state index in [1.165, 1.54) is 49.3 Å². The molecule has 1 saturated carbocycles. The first kappa shape index (κ1) is 16.3. The third-order valence-electron chi connectivity index (χ3n) is 4.04. The summed E-state index contributed by atoms with van der Waals surface area (Å²) in [7, 11) is 0. The Kier molecular flexibility index (Phi) is 6.50. The summed E-state index contributed by atoms with van der Waals surface area (Å²) < 4.78 is 0. The molecule has 1 heterocycles. The van der Waals surface area contributed by atoms with Crippen LogP contribution in [0, 0.1) is 5.92 Å². The Morgan fingerprint density at radius 3 is 2.62 bits per heavy atom. The van der Waals surface area contributed by atoms with Crippen molar-refractivity contribution in [1.29, 1.82) is 0 Å². The molecule has 118 valence electrons. The molecule has 0 saturated heterocycles. The smallest absolute Gasteiger partial charge is 0.129 e. The van der Waals surface area contributed by atoms with Crippen LogP contribution in [0.25, 0.3) is 0 Å². The fourth-order valence-corrected chi connectivity index (χ4v) is 2.67. The van der Waals surface area contributed by atoms with Crippen molar-refractivity contribution in [3.8, 4) is 0 Å². The molecule has 1 aromatic rings. The maximum atomic E-state index is 4.88. The number of pyridine rings is 1. The molecule has 0 atom stereocenters. The molecular formula is C18H31N3. The molecule has 3 nitrogen and oxygen atoms in total. The quantitative estimate of drug-likeness (QED) is 0.665. The van der Waals surface area contributed by atoms with Gasteiger partial charge in [0.25, 0.3) is 0 Å². The summed E-state index contributed by atoms with van der Waals surface area (Å²) in [5.41, 5.74) is 2.60. The second kappa shape index (κ2) is 8.38. The Bertz CT molecular complexity index is 426. The minimum Gasteiger partial charge on any atom is -0.356 e. The monoisotopic (exact) mass is 289 g/mol. The fourth-order valence-electron chi connectivity index (χ4n) is 2.67. The van der Waals surface area contributed by atoms with Crippen molar-refractivity contribution in [1.82, 2.24) is 10.3 Å². The van der Waals surface area contributed by atoms with Gasteiger partial charge in [0, 0.05) is 25.3 Å². The topological polar surface area (TPSA) is 28.2 Å². The Morgan fingerprint density at radius 2 is 2.00 bits per heavy atom. The van der Waals surface area contributed by atoms with Gasteiger partial charge in [0.1, 0.15) is 5.82 Å². The second-order valence-electron chi connectivity index (χ2n) is 6.24. The molecule has 0 radical (unpaired) electrons. The first-order chi connectivity index (χ1) is 10.3. The number of hydrogen-bond donors (Lipinski definition) is 1. The molecule has 21 heavy (non-hydrogen) atoms. The average molecular weight is 289 g/mol. The van der Waals surface area contributed by atoms with Crippen LogP contribution >= 0.6 is 0 Å². The highest BCUT2D eigenvalue weighted by Crippen LogP contribution is 2.31. The SMILES string of the molecule is CCCNCc1cc(CC)nc(N(CCC)CC2CC2)c1. The van der Waals surface area contributed by atoms with Gasteiger partial charge in [-0.3, -0.25) is 0 Å². The maximum Gasteiger partial charge on any atom is 0.129 e. The van der Waals surface area contributed by atoms with Crippen LogP contribution in [0.2, 0.25) is 0 Å². The molecular weight excluding hydrogens is 258 g/mol. The summed E-state index contributed by atoms with van der Waals surface area (Å²) in [6.07, 6.45) is 6.19. The Balaban J connectivity index is 2.11. The van der Waals surface area contributed by atoms with Gasteiger partial charge in [-0.1, -0.05) is 20.8 Å². The van der Waals surface area contributed by atoms with Gasteiger partial charge in [-0.15, -0.1) is 0 Å². The molecule has 0 aromatic carbocycles.